The zero-order chi connectivity index (χ0) is 15.6. The second kappa shape index (κ2) is 5.97. The van der Waals surface area contributed by atoms with Crippen molar-refractivity contribution < 1.29 is 12.8 Å². The molecule has 0 aliphatic carbocycles. The zero-order valence-corrected chi connectivity index (χ0v) is 12.7. The quantitative estimate of drug-likeness (QED) is 0.842. The first-order chi connectivity index (χ1) is 9.81. The minimum atomic E-state index is -3.91. The highest BCUT2D eigenvalue weighted by Crippen LogP contribution is 2.26. The first kappa shape index (κ1) is 15.7. The molecular weight excluding hydrogens is 317 g/mol. The molecule has 112 valence electrons. The second-order valence-corrected chi connectivity index (χ2v) is 6.54. The lowest BCUT2D eigenvalue weighted by Crippen LogP contribution is -2.24. The molecule has 2 aromatic rings. The summed E-state index contributed by atoms with van der Waals surface area (Å²) in [5.74, 6) is -0.764. The number of hydrogen-bond donors (Lipinski definition) is 2. The van der Waals surface area contributed by atoms with Crippen LogP contribution >= 0.6 is 11.6 Å². The van der Waals surface area contributed by atoms with E-state index in [2.05, 4.69) is 9.71 Å². The molecule has 0 aliphatic heterocycles. The summed E-state index contributed by atoms with van der Waals surface area (Å²) in [6.45, 7) is 1.82. The number of nitrogens with two attached hydrogens (primary N) is 1. The van der Waals surface area contributed by atoms with Crippen molar-refractivity contribution in [2.75, 3.05) is 5.73 Å². The van der Waals surface area contributed by atoms with E-state index in [4.69, 9.17) is 17.3 Å². The van der Waals surface area contributed by atoms with Gasteiger partial charge in [0.1, 0.15) is 10.7 Å². The number of nitrogen functional groups attached to an aromatic ring is 1. The molecule has 2 rings (SSSR count). The molecule has 0 saturated carbocycles. The van der Waals surface area contributed by atoms with E-state index in [0.29, 0.717) is 5.69 Å². The summed E-state index contributed by atoms with van der Waals surface area (Å²) in [5.41, 5.74) is 6.54. The Morgan fingerprint density at radius 1 is 1.43 bits per heavy atom. The van der Waals surface area contributed by atoms with E-state index in [0.717, 1.165) is 17.7 Å². The van der Waals surface area contributed by atoms with Crippen molar-refractivity contribution in [1.82, 2.24) is 9.71 Å². The monoisotopic (exact) mass is 329 g/mol. The fraction of sp³-hybridized carbons (Fsp3) is 0.154. The lowest BCUT2D eigenvalue weighted by atomic mass is 10.2. The Morgan fingerprint density at radius 2 is 2.14 bits per heavy atom. The molecule has 0 aliphatic rings. The molecule has 1 aromatic heterocycles. The van der Waals surface area contributed by atoms with Crippen LogP contribution < -0.4 is 10.5 Å². The highest BCUT2D eigenvalue weighted by Gasteiger charge is 2.20. The maximum Gasteiger partial charge on any atom is 0.242 e. The topological polar surface area (TPSA) is 85.1 Å². The van der Waals surface area contributed by atoms with Crippen molar-refractivity contribution in [3.8, 4) is 0 Å². The zero-order valence-electron chi connectivity index (χ0n) is 11.1. The lowest BCUT2D eigenvalue weighted by Gasteiger charge is -2.10. The first-order valence-electron chi connectivity index (χ1n) is 5.96. The van der Waals surface area contributed by atoms with Gasteiger partial charge in [0.2, 0.25) is 10.0 Å². The standard InChI is InChI=1S/C13H13ClFN3O2S/c1-8-3-2-4-17-12(8)7-18-21(19,20)13-6-11(16)10(15)5-9(13)14/h2-6,18H,7,16H2,1H3. The van der Waals surface area contributed by atoms with Gasteiger partial charge in [-0.1, -0.05) is 17.7 Å². The van der Waals surface area contributed by atoms with Gasteiger partial charge in [0.05, 0.1) is 22.9 Å². The third kappa shape index (κ3) is 3.49. The number of nitrogens with zero attached hydrogens (tertiary/aromatic N) is 1. The Kier molecular flexibility index (Phi) is 4.46. The Morgan fingerprint density at radius 3 is 2.81 bits per heavy atom. The van der Waals surface area contributed by atoms with Crippen molar-refractivity contribution in [3.05, 3.63) is 52.6 Å². The number of pyridine rings is 1. The van der Waals surface area contributed by atoms with Gasteiger partial charge in [0, 0.05) is 6.20 Å². The highest BCUT2D eigenvalue weighted by molar-refractivity contribution is 7.89. The van der Waals surface area contributed by atoms with E-state index in [1.807, 2.05) is 13.0 Å². The third-order valence-corrected chi connectivity index (χ3v) is 4.75. The van der Waals surface area contributed by atoms with Crippen molar-refractivity contribution >= 4 is 27.3 Å². The Balaban J connectivity index is 2.27. The Bertz CT molecular complexity index is 781. The minimum Gasteiger partial charge on any atom is -0.396 e. The van der Waals surface area contributed by atoms with E-state index in [1.165, 1.54) is 0 Å². The molecular formula is C13H13ClFN3O2S. The van der Waals surface area contributed by atoms with Crippen LogP contribution in [0.2, 0.25) is 5.02 Å². The van der Waals surface area contributed by atoms with E-state index >= 15 is 0 Å². The number of sulfonamides is 1. The number of hydrogen-bond acceptors (Lipinski definition) is 4. The van der Waals surface area contributed by atoms with Crippen molar-refractivity contribution in [3.63, 3.8) is 0 Å². The number of rotatable bonds is 4. The molecule has 0 spiro atoms. The normalized spacial score (nSPS) is 11.6. The second-order valence-electron chi connectivity index (χ2n) is 4.40. The fourth-order valence-corrected chi connectivity index (χ4v) is 3.23. The SMILES string of the molecule is Cc1cccnc1CNS(=O)(=O)c1cc(N)c(F)cc1Cl. The van der Waals surface area contributed by atoms with Gasteiger partial charge in [-0.2, -0.15) is 0 Å². The highest BCUT2D eigenvalue weighted by atomic mass is 35.5. The van der Waals surface area contributed by atoms with Crippen LogP contribution in [0.1, 0.15) is 11.3 Å². The molecule has 8 heteroatoms. The summed E-state index contributed by atoms with van der Waals surface area (Å²) < 4.78 is 40.0. The number of aryl methyl sites for hydroxylation is 1. The molecule has 3 N–H and O–H groups in total. The third-order valence-electron chi connectivity index (χ3n) is 2.89. The summed E-state index contributed by atoms with van der Waals surface area (Å²) in [6.07, 6.45) is 1.57. The number of halogens is 2. The van der Waals surface area contributed by atoms with Crippen LogP contribution in [0.3, 0.4) is 0 Å². The van der Waals surface area contributed by atoms with Gasteiger partial charge in [0.15, 0.2) is 0 Å². The van der Waals surface area contributed by atoms with Gasteiger partial charge >= 0.3 is 0 Å². The van der Waals surface area contributed by atoms with E-state index in [9.17, 15) is 12.8 Å². The first-order valence-corrected chi connectivity index (χ1v) is 7.82. The van der Waals surface area contributed by atoms with Gasteiger partial charge in [0.25, 0.3) is 0 Å². The molecule has 0 bridgehead atoms. The van der Waals surface area contributed by atoms with E-state index in [1.54, 1.807) is 12.3 Å². The maximum absolute atomic E-state index is 13.2. The van der Waals surface area contributed by atoms with Crippen LogP contribution in [-0.2, 0) is 16.6 Å². The summed E-state index contributed by atoms with van der Waals surface area (Å²) in [4.78, 5) is 3.82. The smallest absolute Gasteiger partial charge is 0.242 e. The molecule has 5 nitrogen and oxygen atoms in total. The molecule has 0 saturated heterocycles. The van der Waals surface area contributed by atoms with Crippen LogP contribution in [-0.4, -0.2) is 13.4 Å². The summed E-state index contributed by atoms with van der Waals surface area (Å²) in [6, 6.07) is 5.44. The largest absolute Gasteiger partial charge is 0.396 e. The van der Waals surface area contributed by atoms with Crippen LogP contribution in [0.4, 0.5) is 10.1 Å². The van der Waals surface area contributed by atoms with Crippen molar-refractivity contribution in [2.24, 2.45) is 0 Å². The van der Waals surface area contributed by atoms with Gasteiger partial charge in [-0.05, 0) is 30.7 Å². The number of benzene rings is 1. The number of aromatic nitrogens is 1. The molecule has 1 aromatic carbocycles. The number of anilines is 1. The molecule has 0 unspecified atom stereocenters. The van der Waals surface area contributed by atoms with Gasteiger partial charge in [-0.25, -0.2) is 17.5 Å². The van der Waals surface area contributed by atoms with Crippen molar-refractivity contribution in [1.29, 1.82) is 0 Å². The molecule has 0 atom stereocenters. The molecule has 0 fully saturated rings. The van der Waals surface area contributed by atoms with Crippen LogP contribution in [0, 0.1) is 12.7 Å². The van der Waals surface area contributed by atoms with Crippen LogP contribution in [0.15, 0.2) is 35.4 Å². The molecule has 1 heterocycles. The summed E-state index contributed by atoms with van der Waals surface area (Å²) in [7, 11) is -3.91. The predicted molar refractivity (Wildman–Crippen MR) is 78.8 cm³/mol. The fourth-order valence-electron chi connectivity index (χ4n) is 1.70. The van der Waals surface area contributed by atoms with Crippen molar-refractivity contribution in [2.45, 2.75) is 18.4 Å². The van der Waals surface area contributed by atoms with Crippen LogP contribution in [0.5, 0.6) is 0 Å². The van der Waals surface area contributed by atoms with Gasteiger partial charge in [-0.15, -0.1) is 0 Å². The van der Waals surface area contributed by atoms with E-state index in [-0.39, 0.29) is 22.2 Å². The Hall–Kier alpha value is -1.70. The summed E-state index contributed by atoms with van der Waals surface area (Å²) >= 11 is 5.77. The minimum absolute atomic E-state index is 0.00260. The summed E-state index contributed by atoms with van der Waals surface area (Å²) in [5, 5.41) is -0.230. The molecule has 21 heavy (non-hydrogen) atoms. The van der Waals surface area contributed by atoms with E-state index < -0.39 is 15.8 Å². The molecule has 0 radical (unpaired) electrons. The predicted octanol–water partition coefficient (Wildman–Crippen LogP) is 2.24. The maximum atomic E-state index is 13.2. The number of nitrogens with one attached hydrogen (secondary N) is 1. The lowest BCUT2D eigenvalue weighted by molar-refractivity contribution is 0.579. The average molecular weight is 330 g/mol. The van der Waals surface area contributed by atoms with Gasteiger partial charge in [-0.3, -0.25) is 4.98 Å². The Labute approximate surface area is 127 Å². The van der Waals surface area contributed by atoms with Gasteiger partial charge < -0.3 is 5.73 Å². The molecule has 0 amide bonds. The average Bonchev–Trinajstić information content (AvgIpc) is 2.42. The van der Waals surface area contributed by atoms with Crippen LogP contribution in [0.25, 0.3) is 0 Å².